The summed E-state index contributed by atoms with van der Waals surface area (Å²) in [6.45, 7) is 7.04. The maximum atomic E-state index is 11.8. The number of aryl methyl sites for hydroxylation is 1. The standard InChI is InChI=1S/C15H21N3.C10H10F3NO3/c1-4-16-9-10-18(3)15-11-12(2)13-7-5-6-8-14(13)17-15;1-14-9(15)6-16-7-2-4-8(5-3-7)17-10(11,12)13/h5-8,11,16H,4,9-10H2,1-3H3;2-5H,6H2,1H3,(H,14,15). The third-order valence-corrected chi connectivity index (χ3v) is 4.88. The van der Waals surface area contributed by atoms with Crippen molar-refractivity contribution in [2.75, 3.05) is 45.2 Å². The van der Waals surface area contributed by atoms with E-state index in [0.717, 1.165) is 43.1 Å². The molecule has 3 rings (SSSR count). The Labute approximate surface area is 203 Å². The average molecular weight is 493 g/mol. The van der Waals surface area contributed by atoms with Crippen molar-refractivity contribution in [2.45, 2.75) is 20.2 Å². The molecule has 2 N–H and O–H groups in total. The molecule has 2 aromatic carbocycles. The van der Waals surface area contributed by atoms with Crippen LogP contribution in [0.1, 0.15) is 12.5 Å². The third-order valence-electron chi connectivity index (χ3n) is 4.88. The van der Waals surface area contributed by atoms with Gasteiger partial charge in [0.25, 0.3) is 5.91 Å². The van der Waals surface area contributed by atoms with Crippen LogP contribution in [0, 0.1) is 6.92 Å². The molecule has 7 nitrogen and oxygen atoms in total. The van der Waals surface area contributed by atoms with E-state index < -0.39 is 6.36 Å². The van der Waals surface area contributed by atoms with E-state index in [1.165, 1.54) is 30.1 Å². The minimum atomic E-state index is -4.72. The van der Waals surface area contributed by atoms with Gasteiger partial charge in [0.05, 0.1) is 5.52 Å². The van der Waals surface area contributed by atoms with Crippen molar-refractivity contribution >= 4 is 22.6 Å². The van der Waals surface area contributed by atoms with Crippen molar-refractivity contribution < 1.29 is 27.4 Å². The molecule has 0 radical (unpaired) electrons. The Balaban J connectivity index is 0.000000247. The van der Waals surface area contributed by atoms with Gasteiger partial charge in [0.15, 0.2) is 6.61 Å². The second kappa shape index (κ2) is 13.4. The van der Waals surface area contributed by atoms with Gasteiger partial charge >= 0.3 is 6.36 Å². The first-order valence-electron chi connectivity index (χ1n) is 11.1. The molecule has 1 heterocycles. The zero-order valence-electron chi connectivity index (χ0n) is 20.3. The molecule has 0 saturated carbocycles. The van der Waals surface area contributed by atoms with Gasteiger partial charge in [0, 0.05) is 32.6 Å². The van der Waals surface area contributed by atoms with E-state index in [2.05, 4.69) is 65.4 Å². The van der Waals surface area contributed by atoms with Crippen LogP contribution in [-0.4, -0.2) is 57.6 Å². The number of amides is 1. The van der Waals surface area contributed by atoms with Gasteiger partial charge in [-0.15, -0.1) is 13.2 Å². The predicted octanol–water partition coefficient (Wildman–Crippen LogP) is 4.30. The molecule has 0 aliphatic rings. The summed E-state index contributed by atoms with van der Waals surface area (Å²) in [5.41, 5.74) is 2.36. The summed E-state index contributed by atoms with van der Waals surface area (Å²) in [7, 11) is 3.54. The molecule has 0 saturated heterocycles. The Bertz CT molecular complexity index is 1080. The lowest BCUT2D eigenvalue weighted by Crippen LogP contribution is -2.29. The van der Waals surface area contributed by atoms with Crippen LogP contribution in [0.4, 0.5) is 19.0 Å². The number of nitrogens with one attached hydrogen (secondary N) is 2. The first-order chi connectivity index (χ1) is 16.6. The Hall–Kier alpha value is -3.53. The van der Waals surface area contributed by atoms with Crippen molar-refractivity contribution in [1.82, 2.24) is 15.6 Å². The molecule has 0 aliphatic carbocycles. The fourth-order valence-electron chi connectivity index (χ4n) is 3.02. The van der Waals surface area contributed by atoms with Crippen LogP contribution in [0.3, 0.4) is 0 Å². The van der Waals surface area contributed by atoms with Crippen LogP contribution in [0.15, 0.2) is 54.6 Å². The summed E-state index contributed by atoms with van der Waals surface area (Å²) in [4.78, 5) is 17.7. The van der Waals surface area contributed by atoms with Gasteiger partial charge in [-0.3, -0.25) is 4.79 Å². The number of carbonyl (C=O) groups is 1. The van der Waals surface area contributed by atoms with Crippen molar-refractivity contribution in [3.63, 3.8) is 0 Å². The minimum Gasteiger partial charge on any atom is -0.484 e. The first kappa shape index (κ1) is 27.7. The van der Waals surface area contributed by atoms with E-state index in [1.54, 1.807) is 0 Å². The molecule has 0 fully saturated rings. The van der Waals surface area contributed by atoms with E-state index in [1.807, 2.05) is 6.07 Å². The van der Waals surface area contributed by atoms with E-state index >= 15 is 0 Å². The number of hydrogen-bond donors (Lipinski definition) is 2. The molecule has 10 heteroatoms. The number of carbonyl (C=O) groups excluding carboxylic acids is 1. The van der Waals surface area contributed by atoms with Gasteiger partial charge in [-0.1, -0.05) is 25.1 Å². The van der Waals surface area contributed by atoms with Crippen molar-refractivity contribution in [1.29, 1.82) is 0 Å². The molecule has 1 aromatic heterocycles. The topological polar surface area (TPSA) is 75.7 Å². The van der Waals surface area contributed by atoms with E-state index in [4.69, 9.17) is 9.72 Å². The second-order valence-electron chi connectivity index (χ2n) is 7.57. The highest BCUT2D eigenvalue weighted by Crippen LogP contribution is 2.24. The SMILES string of the molecule is CCNCCN(C)c1cc(C)c2ccccc2n1.CNC(=O)COc1ccc(OC(F)(F)F)cc1. The van der Waals surface area contributed by atoms with Crippen molar-refractivity contribution in [2.24, 2.45) is 0 Å². The molecule has 35 heavy (non-hydrogen) atoms. The number of para-hydroxylation sites is 1. The maximum absolute atomic E-state index is 11.8. The van der Waals surface area contributed by atoms with E-state index in [-0.39, 0.29) is 24.0 Å². The Morgan fingerprint density at radius 2 is 1.74 bits per heavy atom. The molecule has 0 atom stereocenters. The second-order valence-corrected chi connectivity index (χ2v) is 7.57. The summed E-state index contributed by atoms with van der Waals surface area (Å²) in [5.74, 6) is 0.651. The summed E-state index contributed by atoms with van der Waals surface area (Å²) in [6.07, 6.45) is -4.72. The van der Waals surface area contributed by atoms with Crippen LogP contribution in [0.2, 0.25) is 0 Å². The fraction of sp³-hybridized carbons (Fsp3) is 0.360. The van der Waals surface area contributed by atoms with E-state index in [9.17, 15) is 18.0 Å². The minimum absolute atomic E-state index is 0.198. The highest BCUT2D eigenvalue weighted by molar-refractivity contribution is 5.83. The van der Waals surface area contributed by atoms with Crippen LogP contribution in [-0.2, 0) is 4.79 Å². The van der Waals surface area contributed by atoms with Gasteiger partial charge in [0.1, 0.15) is 17.3 Å². The Kier molecular flexibility index (Phi) is 10.6. The summed E-state index contributed by atoms with van der Waals surface area (Å²) >= 11 is 0. The maximum Gasteiger partial charge on any atom is 0.573 e. The van der Waals surface area contributed by atoms with Crippen molar-refractivity contribution in [3.05, 3.63) is 60.2 Å². The molecule has 190 valence electrons. The number of aromatic nitrogens is 1. The zero-order chi connectivity index (χ0) is 25.8. The van der Waals surface area contributed by atoms with Gasteiger partial charge in [-0.2, -0.15) is 0 Å². The molecular weight excluding hydrogens is 461 g/mol. The lowest BCUT2D eigenvalue weighted by Gasteiger charge is -2.19. The first-order valence-corrected chi connectivity index (χ1v) is 11.1. The largest absolute Gasteiger partial charge is 0.573 e. The molecule has 0 aliphatic heterocycles. The molecular formula is C25H31F3N4O3. The predicted molar refractivity (Wildman–Crippen MR) is 131 cm³/mol. The van der Waals surface area contributed by atoms with Crippen LogP contribution in [0.25, 0.3) is 10.9 Å². The Morgan fingerprint density at radius 1 is 1.09 bits per heavy atom. The summed E-state index contributed by atoms with van der Waals surface area (Å²) in [6, 6.07) is 15.2. The fourth-order valence-corrected chi connectivity index (χ4v) is 3.02. The number of likely N-dealkylation sites (N-methyl/N-ethyl adjacent to an activating group) is 3. The Morgan fingerprint density at radius 3 is 2.37 bits per heavy atom. The number of alkyl halides is 3. The number of benzene rings is 2. The zero-order valence-corrected chi connectivity index (χ0v) is 20.3. The number of pyridine rings is 1. The van der Waals surface area contributed by atoms with Gasteiger partial charge in [0.2, 0.25) is 0 Å². The van der Waals surface area contributed by atoms with E-state index in [0.29, 0.717) is 0 Å². The number of rotatable bonds is 9. The molecule has 0 bridgehead atoms. The number of ether oxygens (including phenoxy) is 2. The highest BCUT2D eigenvalue weighted by Gasteiger charge is 2.30. The smallest absolute Gasteiger partial charge is 0.484 e. The number of anilines is 1. The number of halogens is 3. The van der Waals surface area contributed by atoms with Crippen LogP contribution < -0.4 is 25.0 Å². The average Bonchev–Trinajstić information content (AvgIpc) is 2.83. The van der Waals surface area contributed by atoms with Gasteiger partial charge in [-0.25, -0.2) is 4.98 Å². The highest BCUT2D eigenvalue weighted by atomic mass is 19.4. The summed E-state index contributed by atoms with van der Waals surface area (Å²) < 4.78 is 44.2. The monoisotopic (exact) mass is 492 g/mol. The normalized spacial score (nSPS) is 10.8. The molecule has 1 amide bonds. The quantitative estimate of drug-likeness (QED) is 0.434. The third kappa shape index (κ3) is 9.70. The van der Waals surface area contributed by atoms with Gasteiger partial charge < -0.3 is 25.0 Å². The number of fused-ring (bicyclic) bond motifs is 1. The molecule has 0 spiro atoms. The summed E-state index contributed by atoms with van der Waals surface area (Å²) in [5, 5.41) is 6.91. The van der Waals surface area contributed by atoms with Gasteiger partial charge in [-0.05, 0) is 55.4 Å². The molecule has 0 unspecified atom stereocenters. The van der Waals surface area contributed by atoms with Crippen LogP contribution >= 0.6 is 0 Å². The lowest BCUT2D eigenvalue weighted by atomic mass is 10.1. The molecule has 3 aromatic rings. The number of nitrogens with zero attached hydrogens (tertiary/aromatic N) is 2. The number of hydrogen-bond acceptors (Lipinski definition) is 6. The van der Waals surface area contributed by atoms with Crippen LogP contribution in [0.5, 0.6) is 11.5 Å². The van der Waals surface area contributed by atoms with Crippen molar-refractivity contribution in [3.8, 4) is 11.5 Å². The lowest BCUT2D eigenvalue weighted by molar-refractivity contribution is -0.274.